The Morgan fingerprint density at radius 1 is 1.04 bits per heavy atom. The van der Waals surface area contributed by atoms with Gasteiger partial charge in [-0.15, -0.1) is 0 Å². The van der Waals surface area contributed by atoms with Crippen molar-refractivity contribution in [2.75, 3.05) is 19.0 Å². The molecule has 126 valence electrons. The standard InChI is InChI=1S/C20H17NO4/c1-24-18-11-5-8-15(12-22)20(18)25-13-19(23)21-17-10-4-7-14-6-2-3-9-16(14)17/h2-12H,13H2,1H3,(H,21,23). The molecule has 0 unspecified atom stereocenters. The lowest BCUT2D eigenvalue weighted by Crippen LogP contribution is -2.20. The number of hydrogen-bond acceptors (Lipinski definition) is 4. The van der Waals surface area contributed by atoms with E-state index < -0.39 is 0 Å². The fraction of sp³-hybridized carbons (Fsp3) is 0.100. The van der Waals surface area contributed by atoms with Crippen LogP contribution >= 0.6 is 0 Å². The van der Waals surface area contributed by atoms with Gasteiger partial charge in [0.2, 0.25) is 0 Å². The summed E-state index contributed by atoms with van der Waals surface area (Å²) < 4.78 is 10.7. The van der Waals surface area contributed by atoms with Crippen LogP contribution in [0.15, 0.2) is 60.7 Å². The molecule has 0 atom stereocenters. The molecule has 0 aliphatic heterocycles. The molecule has 3 aromatic rings. The van der Waals surface area contributed by atoms with Gasteiger partial charge in [-0.25, -0.2) is 0 Å². The number of fused-ring (bicyclic) bond motifs is 1. The maximum Gasteiger partial charge on any atom is 0.262 e. The van der Waals surface area contributed by atoms with Gasteiger partial charge in [-0.2, -0.15) is 0 Å². The van der Waals surface area contributed by atoms with Gasteiger partial charge in [0.25, 0.3) is 5.91 Å². The van der Waals surface area contributed by atoms with Gasteiger partial charge >= 0.3 is 0 Å². The number of ether oxygens (including phenoxy) is 2. The second-order valence-electron chi connectivity index (χ2n) is 5.36. The maximum atomic E-state index is 12.3. The Morgan fingerprint density at radius 3 is 2.60 bits per heavy atom. The van der Waals surface area contributed by atoms with Crippen molar-refractivity contribution >= 4 is 28.7 Å². The lowest BCUT2D eigenvalue weighted by atomic mass is 10.1. The summed E-state index contributed by atoms with van der Waals surface area (Å²) in [6.07, 6.45) is 0.667. The third-order valence-corrected chi connectivity index (χ3v) is 3.77. The molecule has 5 heteroatoms. The predicted molar refractivity (Wildman–Crippen MR) is 96.5 cm³/mol. The van der Waals surface area contributed by atoms with E-state index in [0.29, 0.717) is 23.3 Å². The van der Waals surface area contributed by atoms with Crippen molar-refractivity contribution in [1.82, 2.24) is 0 Å². The van der Waals surface area contributed by atoms with Gasteiger partial charge in [-0.3, -0.25) is 9.59 Å². The Kier molecular flexibility index (Phi) is 4.95. The Bertz CT molecular complexity index is 915. The van der Waals surface area contributed by atoms with Crippen molar-refractivity contribution in [1.29, 1.82) is 0 Å². The molecule has 5 nitrogen and oxygen atoms in total. The van der Waals surface area contributed by atoms with Crippen LogP contribution in [0, 0.1) is 0 Å². The Morgan fingerprint density at radius 2 is 1.80 bits per heavy atom. The molecule has 1 N–H and O–H groups in total. The van der Waals surface area contributed by atoms with E-state index in [-0.39, 0.29) is 18.3 Å². The number of aldehydes is 1. The van der Waals surface area contributed by atoms with Crippen molar-refractivity contribution in [2.45, 2.75) is 0 Å². The highest BCUT2D eigenvalue weighted by Gasteiger charge is 2.13. The van der Waals surface area contributed by atoms with Gasteiger partial charge in [-0.05, 0) is 23.6 Å². The molecule has 0 aliphatic carbocycles. The number of rotatable bonds is 6. The van der Waals surface area contributed by atoms with Crippen LogP contribution in [-0.4, -0.2) is 25.9 Å². The molecule has 3 rings (SSSR count). The van der Waals surface area contributed by atoms with E-state index in [1.807, 2.05) is 42.5 Å². The normalized spacial score (nSPS) is 10.3. The number of amides is 1. The van der Waals surface area contributed by atoms with Crippen LogP contribution in [0.5, 0.6) is 11.5 Å². The summed E-state index contributed by atoms with van der Waals surface area (Å²) in [4.78, 5) is 23.4. The summed E-state index contributed by atoms with van der Waals surface area (Å²) in [5, 5.41) is 4.82. The number of carbonyl (C=O) groups is 2. The van der Waals surface area contributed by atoms with Crippen molar-refractivity contribution in [3.63, 3.8) is 0 Å². The first-order valence-electron chi connectivity index (χ1n) is 7.75. The molecule has 0 bridgehead atoms. The van der Waals surface area contributed by atoms with Crippen LogP contribution in [-0.2, 0) is 4.79 Å². The zero-order valence-corrected chi connectivity index (χ0v) is 13.7. The number of anilines is 1. The van der Waals surface area contributed by atoms with E-state index in [2.05, 4.69) is 5.32 Å². The number of carbonyl (C=O) groups excluding carboxylic acids is 2. The van der Waals surface area contributed by atoms with Gasteiger partial charge in [0.05, 0.1) is 12.7 Å². The van der Waals surface area contributed by atoms with Gasteiger partial charge in [0.15, 0.2) is 24.4 Å². The molecular weight excluding hydrogens is 318 g/mol. The monoisotopic (exact) mass is 335 g/mol. The first kappa shape index (κ1) is 16.5. The SMILES string of the molecule is COc1cccc(C=O)c1OCC(=O)Nc1cccc2ccccc12. The minimum atomic E-state index is -0.320. The molecule has 0 heterocycles. The van der Waals surface area contributed by atoms with Crippen molar-refractivity contribution in [2.24, 2.45) is 0 Å². The van der Waals surface area contributed by atoms with E-state index in [4.69, 9.17) is 9.47 Å². The van der Waals surface area contributed by atoms with Crippen molar-refractivity contribution < 1.29 is 19.1 Å². The average molecular weight is 335 g/mol. The van der Waals surface area contributed by atoms with E-state index >= 15 is 0 Å². The average Bonchev–Trinajstić information content (AvgIpc) is 2.66. The quantitative estimate of drug-likeness (QED) is 0.698. The fourth-order valence-electron chi connectivity index (χ4n) is 2.60. The van der Waals surface area contributed by atoms with Crippen LogP contribution in [0.2, 0.25) is 0 Å². The molecule has 0 radical (unpaired) electrons. The highest BCUT2D eigenvalue weighted by Crippen LogP contribution is 2.30. The second kappa shape index (κ2) is 7.49. The van der Waals surface area contributed by atoms with Gasteiger partial charge in [0.1, 0.15) is 0 Å². The first-order chi connectivity index (χ1) is 12.2. The minimum Gasteiger partial charge on any atom is -0.493 e. The van der Waals surface area contributed by atoms with Crippen LogP contribution in [0.25, 0.3) is 10.8 Å². The minimum absolute atomic E-state index is 0.232. The topological polar surface area (TPSA) is 64.6 Å². The molecule has 0 saturated heterocycles. The summed E-state index contributed by atoms with van der Waals surface area (Å²) in [5.74, 6) is 0.342. The zero-order valence-electron chi connectivity index (χ0n) is 13.7. The van der Waals surface area contributed by atoms with Crippen LogP contribution in [0.4, 0.5) is 5.69 Å². The van der Waals surface area contributed by atoms with E-state index in [9.17, 15) is 9.59 Å². The molecule has 1 amide bonds. The third-order valence-electron chi connectivity index (χ3n) is 3.77. The molecule has 0 fully saturated rings. The highest BCUT2D eigenvalue weighted by atomic mass is 16.5. The van der Waals surface area contributed by atoms with Crippen molar-refractivity contribution in [3.8, 4) is 11.5 Å². The Labute approximate surface area is 145 Å². The number of nitrogens with one attached hydrogen (secondary N) is 1. The Hall–Kier alpha value is -3.34. The summed E-state index contributed by atoms with van der Waals surface area (Å²) in [6.45, 7) is -0.232. The lowest BCUT2D eigenvalue weighted by Gasteiger charge is -2.13. The van der Waals surface area contributed by atoms with Crippen LogP contribution < -0.4 is 14.8 Å². The largest absolute Gasteiger partial charge is 0.493 e. The Balaban J connectivity index is 1.75. The highest BCUT2D eigenvalue weighted by molar-refractivity contribution is 6.02. The second-order valence-corrected chi connectivity index (χ2v) is 5.36. The molecule has 0 saturated carbocycles. The smallest absolute Gasteiger partial charge is 0.262 e. The van der Waals surface area contributed by atoms with Gasteiger partial charge in [0, 0.05) is 11.1 Å². The third kappa shape index (κ3) is 3.61. The maximum absolute atomic E-state index is 12.3. The van der Waals surface area contributed by atoms with Gasteiger partial charge < -0.3 is 14.8 Å². The summed E-state index contributed by atoms with van der Waals surface area (Å²) in [6, 6.07) is 18.4. The molecule has 0 spiro atoms. The molecule has 0 aliphatic rings. The lowest BCUT2D eigenvalue weighted by molar-refractivity contribution is -0.118. The predicted octanol–water partition coefficient (Wildman–Crippen LogP) is 3.68. The zero-order chi connectivity index (χ0) is 17.6. The van der Waals surface area contributed by atoms with E-state index in [1.54, 1.807) is 18.2 Å². The summed E-state index contributed by atoms with van der Waals surface area (Å²) in [7, 11) is 1.48. The first-order valence-corrected chi connectivity index (χ1v) is 7.75. The van der Waals surface area contributed by atoms with Gasteiger partial charge in [-0.1, -0.05) is 42.5 Å². The number of benzene rings is 3. The molecule has 25 heavy (non-hydrogen) atoms. The molecule has 3 aromatic carbocycles. The molecule has 0 aromatic heterocycles. The summed E-state index contributed by atoms with van der Waals surface area (Å²) >= 11 is 0. The van der Waals surface area contributed by atoms with Crippen molar-refractivity contribution in [3.05, 3.63) is 66.2 Å². The number of methoxy groups -OCH3 is 1. The molecular formula is C20H17NO4. The van der Waals surface area contributed by atoms with Crippen LogP contribution in [0.1, 0.15) is 10.4 Å². The summed E-state index contributed by atoms with van der Waals surface area (Å²) in [5.41, 5.74) is 1.04. The van der Waals surface area contributed by atoms with Crippen LogP contribution in [0.3, 0.4) is 0 Å². The number of hydrogen-bond donors (Lipinski definition) is 1. The fourth-order valence-corrected chi connectivity index (χ4v) is 2.60. The van der Waals surface area contributed by atoms with E-state index in [0.717, 1.165) is 10.8 Å². The van der Waals surface area contributed by atoms with E-state index in [1.165, 1.54) is 7.11 Å². The number of para-hydroxylation sites is 1.